The van der Waals surface area contributed by atoms with Gasteiger partial charge in [0, 0.05) is 13.1 Å². The highest BCUT2D eigenvalue weighted by Gasteiger charge is 2.27. The Morgan fingerprint density at radius 1 is 1.32 bits per heavy atom. The topological polar surface area (TPSA) is 64.8 Å². The number of methoxy groups -OCH3 is 1. The summed E-state index contributed by atoms with van der Waals surface area (Å²) < 4.78 is 29.4. The molecule has 1 aliphatic rings. The first-order chi connectivity index (χ1) is 10.7. The Hall–Kier alpha value is -2.41. The van der Waals surface area contributed by atoms with Gasteiger partial charge in [-0.25, -0.2) is 9.18 Å². The summed E-state index contributed by atoms with van der Waals surface area (Å²) in [7, 11) is 1.26. The van der Waals surface area contributed by atoms with Crippen LogP contribution in [0.4, 0.5) is 10.2 Å². The van der Waals surface area contributed by atoms with Crippen LogP contribution in [0.1, 0.15) is 10.6 Å². The molecule has 1 saturated heterocycles. The Bertz CT molecular complexity index is 680. The van der Waals surface area contributed by atoms with E-state index in [0.717, 1.165) is 0 Å². The zero-order chi connectivity index (χ0) is 15.5. The molecule has 2 heterocycles. The highest BCUT2D eigenvalue weighted by molar-refractivity contribution is 5.92. The molecule has 1 aromatic carbocycles. The lowest BCUT2D eigenvalue weighted by molar-refractivity contribution is 0.0565. The number of benzene rings is 1. The third-order valence-corrected chi connectivity index (χ3v) is 3.39. The van der Waals surface area contributed by atoms with Gasteiger partial charge >= 0.3 is 5.97 Å². The Balaban J connectivity index is 2.04. The number of rotatable bonds is 3. The van der Waals surface area contributed by atoms with Gasteiger partial charge in [0.2, 0.25) is 5.89 Å². The molecule has 6 nitrogen and oxygen atoms in total. The van der Waals surface area contributed by atoms with Gasteiger partial charge in [-0.3, -0.25) is 0 Å². The van der Waals surface area contributed by atoms with E-state index in [1.165, 1.54) is 13.2 Å². The maximum absolute atomic E-state index is 13.9. The van der Waals surface area contributed by atoms with Gasteiger partial charge in [0.1, 0.15) is 5.82 Å². The number of aromatic nitrogens is 1. The average molecular weight is 306 g/mol. The second kappa shape index (κ2) is 6.15. The fourth-order valence-corrected chi connectivity index (χ4v) is 2.28. The van der Waals surface area contributed by atoms with Gasteiger partial charge in [0.25, 0.3) is 5.76 Å². The van der Waals surface area contributed by atoms with Crippen LogP contribution in [-0.4, -0.2) is 44.4 Å². The zero-order valence-corrected chi connectivity index (χ0v) is 12.0. The van der Waals surface area contributed by atoms with Crippen molar-refractivity contribution in [2.75, 3.05) is 38.3 Å². The number of halogens is 1. The van der Waals surface area contributed by atoms with Crippen LogP contribution < -0.4 is 4.90 Å². The summed E-state index contributed by atoms with van der Waals surface area (Å²) in [6, 6.07) is 6.11. The third kappa shape index (κ3) is 2.67. The quantitative estimate of drug-likeness (QED) is 0.809. The maximum Gasteiger partial charge on any atom is 0.378 e. The monoisotopic (exact) mass is 306 g/mol. The van der Waals surface area contributed by atoms with Gasteiger partial charge in [0.05, 0.1) is 25.9 Å². The molecule has 0 amide bonds. The Labute approximate surface area is 126 Å². The minimum atomic E-state index is -0.642. The number of hydrogen-bond acceptors (Lipinski definition) is 6. The van der Waals surface area contributed by atoms with Gasteiger partial charge in [-0.05, 0) is 12.1 Å². The number of morpholine rings is 1. The number of esters is 1. The van der Waals surface area contributed by atoms with Gasteiger partial charge in [-0.1, -0.05) is 12.1 Å². The predicted molar refractivity (Wildman–Crippen MR) is 76.3 cm³/mol. The summed E-state index contributed by atoms with van der Waals surface area (Å²) in [5.74, 6) is -0.721. The zero-order valence-electron chi connectivity index (χ0n) is 12.0. The van der Waals surface area contributed by atoms with Crippen LogP contribution >= 0.6 is 0 Å². The summed E-state index contributed by atoms with van der Waals surface area (Å²) >= 11 is 0. The van der Waals surface area contributed by atoms with Crippen LogP contribution in [0.25, 0.3) is 11.5 Å². The molecule has 0 atom stereocenters. The second-order valence-corrected chi connectivity index (χ2v) is 4.74. The average Bonchev–Trinajstić information content (AvgIpc) is 3.00. The summed E-state index contributed by atoms with van der Waals surface area (Å²) in [5.41, 5.74) is 0.201. The molecule has 0 N–H and O–H groups in total. The Morgan fingerprint density at radius 2 is 2.05 bits per heavy atom. The SMILES string of the molecule is COC(=O)c1oc(-c2ccccc2F)nc1N1CCOCC1. The van der Waals surface area contributed by atoms with E-state index < -0.39 is 11.8 Å². The van der Waals surface area contributed by atoms with E-state index in [1.54, 1.807) is 18.2 Å². The molecule has 0 radical (unpaired) electrons. The summed E-state index contributed by atoms with van der Waals surface area (Å²) in [6.07, 6.45) is 0. The molecule has 0 unspecified atom stereocenters. The van der Waals surface area contributed by atoms with E-state index in [1.807, 2.05) is 4.90 Å². The van der Waals surface area contributed by atoms with E-state index in [9.17, 15) is 9.18 Å². The van der Waals surface area contributed by atoms with Gasteiger partial charge in [-0.15, -0.1) is 0 Å². The number of hydrogen-bond donors (Lipinski definition) is 0. The molecular formula is C15H15FN2O4. The lowest BCUT2D eigenvalue weighted by Crippen LogP contribution is -2.37. The molecule has 1 aliphatic heterocycles. The highest BCUT2D eigenvalue weighted by Crippen LogP contribution is 2.30. The predicted octanol–water partition coefficient (Wildman–Crippen LogP) is 2.10. The van der Waals surface area contributed by atoms with Crippen molar-refractivity contribution < 1.29 is 23.1 Å². The molecule has 0 spiro atoms. The molecule has 22 heavy (non-hydrogen) atoms. The van der Waals surface area contributed by atoms with Crippen molar-refractivity contribution in [2.24, 2.45) is 0 Å². The Kier molecular flexibility index (Phi) is 4.06. The Morgan fingerprint density at radius 3 is 2.73 bits per heavy atom. The fraction of sp³-hybridized carbons (Fsp3) is 0.333. The van der Waals surface area contributed by atoms with Crippen LogP contribution in [0.15, 0.2) is 28.7 Å². The number of oxazole rings is 1. The highest BCUT2D eigenvalue weighted by atomic mass is 19.1. The van der Waals surface area contributed by atoms with Gasteiger partial charge < -0.3 is 18.8 Å². The van der Waals surface area contributed by atoms with E-state index in [-0.39, 0.29) is 17.2 Å². The molecule has 116 valence electrons. The first kappa shape index (κ1) is 14.5. The third-order valence-electron chi connectivity index (χ3n) is 3.39. The minimum absolute atomic E-state index is 0.0253. The number of carbonyl (C=O) groups excluding carboxylic acids is 1. The maximum atomic E-state index is 13.9. The lowest BCUT2D eigenvalue weighted by Gasteiger charge is -2.26. The summed E-state index contributed by atoms with van der Waals surface area (Å²) in [6.45, 7) is 2.21. The summed E-state index contributed by atoms with van der Waals surface area (Å²) in [5, 5.41) is 0. The van der Waals surface area contributed by atoms with Gasteiger partial charge in [-0.2, -0.15) is 4.98 Å². The first-order valence-corrected chi connectivity index (χ1v) is 6.87. The van der Waals surface area contributed by atoms with Crippen molar-refractivity contribution in [1.29, 1.82) is 0 Å². The van der Waals surface area contributed by atoms with Crippen LogP contribution in [0.2, 0.25) is 0 Å². The molecule has 3 rings (SSSR count). The molecule has 7 heteroatoms. The van der Waals surface area contributed by atoms with Crippen LogP contribution in [0, 0.1) is 5.82 Å². The molecule has 0 saturated carbocycles. The molecular weight excluding hydrogens is 291 g/mol. The standard InChI is InChI=1S/C15H15FN2O4/c1-20-15(19)12-13(18-6-8-21-9-7-18)17-14(22-12)10-4-2-3-5-11(10)16/h2-5H,6-9H2,1H3. The molecule has 0 aliphatic carbocycles. The molecule has 2 aromatic rings. The second-order valence-electron chi connectivity index (χ2n) is 4.74. The largest absolute Gasteiger partial charge is 0.463 e. The van der Waals surface area contributed by atoms with E-state index in [2.05, 4.69) is 4.98 Å². The fourth-order valence-electron chi connectivity index (χ4n) is 2.28. The van der Waals surface area contributed by atoms with E-state index >= 15 is 0 Å². The van der Waals surface area contributed by atoms with E-state index in [0.29, 0.717) is 32.1 Å². The van der Waals surface area contributed by atoms with Crippen molar-refractivity contribution in [1.82, 2.24) is 4.98 Å². The van der Waals surface area contributed by atoms with Crippen molar-refractivity contribution in [3.05, 3.63) is 35.8 Å². The molecule has 1 aromatic heterocycles. The van der Waals surface area contributed by atoms with Crippen molar-refractivity contribution in [2.45, 2.75) is 0 Å². The number of nitrogens with zero attached hydrogens (tertiary/aromatic N) is 2. The van der Waals surface area contributed by atoms with Crippen LogP contribution in [0.3, 0.4) is 0 Å². The number of ether oxygens (including phenoxy) is 2. The molecule has 0 bridgehead atoms. The molecule has 1 fully saturated rings. The van der Waals surface area contributed by atoms with Gasteiger partial charge in [0.15, 0.2) is 5.82 Å². The van der Waals surface area contributed by atoms with E-state index in [4.69, 9.17) is 13.9 Å². The number of carbonyl (C=O) groups is 1. The minimum Gasteiger partial charge on any atom is -0.463 e. The van der Waals surface area contributed by atoms with Crippen molar-refractivity contribution in [3.63, 3.8) is 0 Å². The van der Waals surface area contributed by atoms with Crippen molar-refractivity contribution in [3.8, 4) is 11.5 Å². The van der Waals surface area contributed by atoms with Crippen LogP contribution in [-0.2, 0) is 9.47 Å². The smallest absolute Gasteiger partial charge is 0.378 e. The van der Waals surface area contributed by atoms with Crippen molar-refractivity contribution >= 4 is 11.8 Å². The lowest BCUT2D eigenvalue weighted by atomic mass is 10.2. The summed E-state index contributed by atoms with van der Waals surface area (Å²) in [4.78, 5) is 18.1. The van der Waals surface area contributed by atoms with Crippen LogP contribution in [0.5, 0.6) is 0 Å². The number of anilines is 1. The first-order valence-electron chi connectivity index (χ1n) is 6.87. The normalized spacial score (nSPS) is 14.9.